The van der Waals surface area contributed by atoms with E-state index in [1.165, 1.54) is 0 Å². The van der Waals surface area contributed by atoms with Gasteiger partial charge in [0.05, 0.1) is 17.4 Å². The minimum Gasteiger partial charge on any atom is -0.376 e. The molecule has 3 aromatic heterocycles. The average Bonchev–Trinajstić information content (AvgIpc) is 3.27. The number of hydrogen-bond acceptors (Lipinski definition) is 6. The molecular weight excluding hydrogens is 378 g/mol. The van der Waals surface area contributed by atoms with E-state index in [1.807, 2.05) is 42.6 Å². The predicted octanol–water partition coefficient (Wildman–Crippen LogP) is 2.70. The van der Waals surface area contributed by atoms with Crippen molar-refractivity contribution >= 4 is 39.3 Å². The topological polar surface area (TPSA) is 98.8 Å². The zero-order chi connectivity index (χ0) is 20.3. The van der Waals surface area contributed by atoms with Crippen LogP contribution >= 0.6 is 0 Å². The summed E-state index contributed by atoms with van der Waals surface area (Å²) < 4.78 is 0. The van der Waals surface area contributed by atoms with Crippen LogP contribution in [-0.4, -0.2) is 51.5 Å². The van der Waals surface area contributed by atoms with Crippen LogP contribution in [0, 0.1) is 0 Å². The summed E-state index contributed by atoms with van der Waals surface area (Å²) in [5, 5.41) is 8.44. The van der Waals surface area contributed by atoms with Crippen molar-refractivity contribution in [2.24, 2.45) is 0 Å². The molecule has 5 rings (SSSR count). The number of nitrogens with zero attached hydrogens (tertiary/aromatic N) is 4. The molecule has 0 bridgehead atoms. The molecule has 30 heavy (non-hydrogen) atoms. The number of amides is 1. The highest BCUT2D eigenvalue weighted by Crippen LogP contribution is 2.25. The Bertz CT molecular complexity index is 1180. The molecular formula is C22H23N7O. The molecule has 4 heterocycles. The lowest BCUT2D eigenvalue weighted by molar-refractivity contribution is -0.120. The Kier molecular flexibility index (Phi) is 4.88. The van der Waals surface area contributed by atoms with Gasteiger partial charge >= 0.3 is 0 Å². The number of H-pyrrole nitrogens is 1. The van der Waals surface area contributed by atoms with Gasteiger partial charge < -0.3 is 20.5 Å². The van der Waals surface area contributed by atoms with Crippen molar-refractivity contribution in [3.8, 4) is 0 Å². The lowest BCUT2D eigenvalue weighted by atomic mass is 10.1. The summed E-state index contributed by atoms with van der Waals surface area (Å²) in [7, 11) is 0. The minimum atomic E-state index is -0.0165. The van der Waals surface area contributed by atoms with Gasteiger partial charge in [-0.1, -0.05) is 6.07 Å². The maximum Gasteiger partial charge on any atom is 0.239 e. The van der Waals surface area contributed by atoms with Gasteiger partial charge in [-0.15, -0.1) is 0 Å². The maximum atomic E-state index is 12.6. The first-order valence-corrected chi connectivity index (χ1v) is 10.2. The van der Waals surface area contributed by atoms with Crippen molar-refractivity contribution in [2.45, 2.75) is 18.9 Å². The molecule has 4 aromatic rings. The standard InChI is InChI=1S/C22H23N7O/c30-20(12-25-19-7-1-6-18-16(19)5-2-9-23-18)28-15-4-3-11-29(13-15)22-17-8-10-24-21(17)26-14-27-22/h1-2,5-10,14-15,25H,3-4,11-13H2,(H,28,30)(H,24,26,27)/t15-/m1/s1. The Morgan fingerprint density at radius 1 is 1.13 bits per heavy atom. The van der Waals surface area contributed by atoms with Gasteiger partial charge in [0.2, 0.25) is 5.91 Å². The van der Waals surface area contributed by atoms with E-state index < -0.39 is 0 Å². The molecule has 0 aliphatic carbocycles. The number of pyridine rings is 1. The Balaban J connectivity index is 1.22. The molecule has 1 saturated heterocycles. The Morgan fingerprint density at radius 2 is 2.10 bits per heavy atom. The van der Waals surface area contributed by atoms with Crippen molar-refractivity contribution in [2.75, 3.05) is 29.9 Å². The number of hydrogen-bond donors (Lipinski definition) is 3. The number of aromatic nitrogens is 4. The smallest absolute Gasteiger partial charge is 0.239 e. The van der Waals surface area contributed by atoms with E-state index in [0.29, 0.717) is 0 Å². The number of aromatic amines is 1. The molecule has 152 valence electrons. The van der Waals surface area contributed by atoms with Crippen LogP contribution in [0.5, 0.6) is 0 Å². The van der Waals surface area contributed by atoms with E-state index >= 15 is 0 Å². The first-order chi connectivity index (χ1) is 14.8. The van der Waals surface area contributed by atoms with E-state index in [-0.39, 0.29) is 18.5 Å². The molecule has 1 aliphatic heterocycles. The number of piperidine rings is 1. The van der Waals surface area contributed by atoms with Crippen LogP contribution in [-0.2, 0) is 4.79 Å². The number of anilines is 2. The molecule has 1 aromatic carbocycles. The van der Waals surface area contributed by atoms with Gasteiger partial charge in [-0.3, -0.25) is 9.78 Å². The lowest BCUT2D eigenvalue weighted by Crippen LogP contribution is -2.49. The van der Waals surface area contributed by atoms with Crippen LogP contribution in [0.25, 0.3) is 21.9 Å². The van der Waals surface area contributed by atoms with E-state index in [4.69, 9.17) is 0 Å². The molecule has 0 spiro atoms. The highest BCUT2D eigenvalue weighted by atomic mass is 16.2. The molecule has 1 aliphatic rings. The number of rotatable bonds is 5. The fourth-order valence-corrected chi connectivity index (χ4v) is 4.11. The molecule has 8 heteroatoms. The van der Waals surface area contributed by atoms with Crippen LogP contribution in [0.15, 0.2) is 55.1 Å². The van der Waals surface area contributed by atoms with Crippen molar-refractivity contribution in [3.05, 3.63) is 55.1 Å². The Labute approximate surface area is 173 Å². The largest absolute Gasteiger partial charge is 0.376 e. The minimum absolute atomic E-state index is 0.0165. The highest BCUT2D eigenvalue weighted by molar-refractivity contribution is 5.93. The van der Waals surface area contributed by atoms with Gasteiger partial charge in [-0.05, 0) is 43.2 Å². The second-order valence-corrected chi connectivity index (χ2v) is 7.52. The Hall–Kier alpha value is -3.68. The van der Waals surface area contributed by atoms with Gasteiger partial charge in [0.1, 0.15) is 17.8 Å². The first-order valence-electron chi connectivity index (χ1n) is 10.2. The third kappa shape index (κ3) is 3.63. The highest BCUT2D eigenvalue weighted by Gasteiger charge is 2.23. The maximum absolute atomic E-state index is 12.6. The van der Waals surface area contributed by atoms with Gasteiger partial charge in [0, 0.05) is 42.6 Å². The number of carbonyl (C=O) groups excluding carboxylic acids is 1. The van der Waals surface area contributed by atoms with Crippen molar-refractivity contribution in [1.82, 2.24) is 25.3 Å². The third-order valence-corrected chi connectivity index (χ3v) is 5.50. The quantitative estimate of drug-likeness (QED) is 0.476. The predicted molar refractivity (Wildman–Crippen MR) is 117 cm³/mol. The fourth-order valence-electron chi connectivity index (χ4n) is 4.11. The monoisotopic (exact) mass is 401 g/mol. The van der Waals surface area contributed by atoms with Crippen molar-refractivity contribution < 1.29 is 4.79 Å². The number of carbonyl (C=O) groups is 1. The zero-order valence-electron chi connectivity index (χ0n) is 16.5. The van der Waals surface area contributed by atoms with E-state index in [2.05, 4.69) is 35.5 Å². The summed E-state index contributed by atoms with van der Waals surface area (Å²) in [5.41, 5.74) is 2.66. The normalized spacial score (nSPS) is 16.7. The summed E-state index contributed by atoms with van der Waals surface area (Å²) >= 11 is 0. The molecule has 1 amide bonds. The van der Waals surface area contributed by atoms with Crippen LogP contribution in [0.3, 0.4) is 0 Å². The third-order valence-electron chi connectivity index (χ3n) is 5.50. The van der Waals surface area contributed by atoms with E-state index in [1.54, 1.807) is 12.5 Å². The molecule has 8 nitrogen and oxygen atoms in total. The molecule has 1 fully saturated rings. The van der Waals surface area contributed by atoms with Crippen molar-refractivity contribution in [1.29, 1.82) is 0 Å². The number of benzene rings is 1. The molecule has 0 saturated carbocycles. The van der Waals surface area contributed by atoms with Crippen LogP contribution < -0.4 is 15.5 Å². The van der Waals surface area contributed by atoms with Crippen LogP contribution in [0.4, 0.5) is 11.5 Å². The summed E-state index contributed by atoms with van der Waals surface area (Å²) in [6.07, 6.45) is 7.19. The lowest BCUT2D eigenvalue weighted by Gasteiger charge is -2.34. The first kappa shape index (κ1) is 18.4. The summed E-state index contributed by atoms with van der Waals surface area (Å²) in [5.74, 6) is 0.902. The van der Waals surface area contributed by atoms with E-state index in [0.717, 1.165) is 59.4 Å². The summed E-state index contributed by atoms with van der Waals surface area (Å²) in [6, 6.07) is 11.9. The van der Waals surface area contributed by atoms with Gasteiger partial charge in [-0.2, -0.15) is 0 Å². The number of nitrogens with one attached hydrogen (secondary N) is 3. The van der Waals surface area contributed by atoms with Gasteiger partial charge in [-0.25, -0.2) is 9.97 Å². The van der Waals surface area contributed by atoms with Crippen molar-refractivity contribution in [3.63, 3.8) is 0 Å². The fraction of sp³-hybridized carbons (Fsp3) is 0.273. The van der Waals surface area contributed by atoms with Crippen LogP contribution in [0.1, 0.15) is 12.8 Å². The second kappa shape index (κ2) is 7.98. The molecule has 0 unspecified atom stereocenters. The zero-order valence-corrected chi connectivity index (χ0v) is 16.5. The molecule has 1 atom stereocenters. The number of fused-ring (bicyclic) bond motifs is 2. The second-order valence-electron chi connectivity index (χ2n) is 7.52. The van der Waals surface area contributed by atoms with Gasteiger partial charge in [0.25, 0.3) is 0 Å². The summed E-state index contributed by atoms with van der Waals surface area (Å²) in [4.78, 5) is 31.1. The Morgan fingerprint density at radius 3 is 3.07 bits per heavy atom. The molecule has 0 radical (unpaired) electrons. The van der Waals surface area contributed by atoms with E-state index in [9.17, 15) is 4.79 Å². The van der Waals surface area contributed by atoms with Gasteiger partial charge in [0.15, 0.2) is 0 Å². The summed E-state index contributed by atoms with van der Waals surface area (Å²) in [6.45, 7) is 1.88. The SMILES string of the molecule is O=C(CNc1cccc2ncccc12)N[C@@H]1CCCN(c2ncnc3[nH]ccc23)C1. The van der Waals surface area contributed by atoms with Crippen LogP contribution in [0.2, 0.25) is 0 Å². The molecule has 3 N–H and O–H groups in total. The average molecular weight is 401 g/mol.